The second-order valence-corrected chi connectivity index (χ2v) is 3.39. The second-order valence-electron chi connectivity index (χ2n) is 2.55. The standard InChI is InChI=1S/C8H7Cl2N3/c1-5(12-13-11)7-4-6(9)2-3-8(7)10/h2-5H,1H3/t5-/m0/s1. The first-order chi connectivity index (χ1) is 6.15. The average molecular weight is 216 g/mol. The van der Waals surface area contributed by atoms with Crippen LogP contribution in [0.15, 0.2) is 23.3 Å². The molecule has 3 nitrogen and oxygen atoms in total. The molecule has 1 rings (SSSR count). The van der Waals surface area contributed by atoms with E-state index < -0.39 is 0 Å². The highest BCUT2D eigenvalue weighted by molar-refractivity contribution is 6.33. The van der Waals surface area contributed by atoms with Crippen LogP contribution in [-0.2, 0) is 0 Å². The van der Waals surface area contributed by atoms with Crippen LogP contribution in [-0.4, -0.2) is 0 Å². The van der Waals surface area contributed by atoms with Crippen molar-refractivity contribution in [3.8, 4) is 0 Å². The summed E-state index contributed by atoms with van der Waals surface area (Å²) in [5, 5.41) is 4.68. The average Bonchev–Trinajstić information content (AvgIpc) is 2.09. The molecule has 0 saturated heterocycles. The van der Waals surface area contributed by atoms with Crippen molar-refractivity contribution in [1.29, 1.82) is 0 Å². The van der Waals surface area contributed by atoms with Crippen LogP contribution in [0.1, 0.15) is 18.5 Å². The van der Waals surface area contributed by atoms with E-state index in [9.17, 15) is 0 Å². The molecule has 0 unspecified atom stereocenters. The lowest BCUT2D eigenvalue weighted by molar-refractivity contribution is 0.808. The highest BCUT2D eigenvalue weighted by atomic mass is 35.5. The Hall–Kier alpha value is -0.890. The van der Waals surface area contributed by atoms with Crippen molar-refractivity contribution in [3.05, 3.63) is 44.3 Å². The molecule has 1 aromatic rings. The molecule has 13 heavy (non-hydrogen) atoms. The van der Waals surface area contributed by atoms with E-state index in [1.807, 2.05) is 0 Å². The third-order valence-electron chi connectivity index (χ3n) is 1.63. The predicted molar refractivity (Wildman–Crippen MR) is 54.0 cm³/mol. The third-order valence-corrected chi connectivity index (χ3v) is 2.21. The Kier molecular flexibility index (Phi) is 3.43. The topological polar surface area (TPSA) is 48.8 Å². The fraction of sp³-hybridized carbons (Fsp3) is 0.250. The first-order valence-electron chi connectivity index (χ1n) is 3.64. The van der Waals surface area contributed by atoms with Gasteiger partial charge in [0.25, 0.3) is 0 Å². The van der Waals surface area contributed by atoms with E-state index in [2.05, 4.69) is 10.0 Å². The smallest absolute Gasteiger partial charge is 0.0612 e. The first-order valence-corrected chi connectivity index (χ1v) is 4.40. The van der Waals surface area contributed by atoms with E-state index in [4.69, 9.17) is 28.7 Å². The van der Waals surface area contributed by atoms with Gasteiger partial charge in [0, 0.05) is 15.0 Å². The van der Waals surface area contributed by atoms with Crippen molar-refractivity contribution in [3.63, 3.8) is 0 Å². The summed E-state index contributed by atoms with van der Waals surface area (Å²) in [6.45, 7) is 1.76. The van der Waals surface area contributed by atoms with Crippen molar-refractivity contribution >= 4 is 23.2 Å². The maximum atomic E-state index is 8.24. The summed E-state index contributed by atoms with van der Waals surface area (Å²) >= 11 is 11.7. The van der Waals surface area contributed by atoms with Crippen LogP contribution in [0.4, 0.5) is 0 Å². The third kappa shape index (κ3) is 2.52. The molecule has 1 atom stereocenters. The molecule has 0 radical (unpaired) electrons. The summed E-state index contributed by atoms with van der Waals surface area (Å²) in [5.41, 5.74) is 8.98. The van der Waals surface area contributed by atoms with Gasteiger partial charge in [-0.15, -0.1) is 0 Å². The SMILES string of the molecule is C[C@H](N=[N+]=[N-])c1cc(Cl)ccc1Cl. The van der Waals surface area contributed by atoms with Gasteiger partial charge in [0.2, 0.25) is 0 Å². The summed E-state index contributed by atoms with van der Waals surface area (Å²) in [4.78, 5) is 2.71. The van der Waals surface area contributed by atoms with Crippen LogP contribution < -0.4 is 0 Å². The molecule has 1 aromatic carbocycles. The van der Waals surface area contributed by atoms with Crippen molar-refractivity contribution < 1.29 is 0 Å². The lowest BCUT2D eigenvalue weighted by Gasteiger charge is -2.07. The van der Waals surface area contributed by atoms with E-state index in [0.29, 0.717) is 10.0 Å². The molecule has 0 aliphatic rings. The van der Waals surface area contributed by atoms with Gasteiger partial charge in [-0.05, 0) is 29.3 Å². The Morgan fingerprint density at radius 2 is 2.15 bits per heavy atom. The zero-order valence-corrected chi connectivity index (χ0v) is 8.42. The quantitative estimate of drug-likeness (QED) is 0.400. The second kappa shape index (κ2) is 4.38. The molecule has 68 valence electrons. The van der Waals surface area contributed by atoms with Crippen molar-refractivity contribution in [2.75, 3.05) is 0 Å². The van der Waals surface area contributed by atoms with Gasteiger partial charge in [-0.2, -0.15) is 0 Å². The Morgan fingerprint density at radius 3 is 2.77 bits per heavy atom. The molecule has 0 aliphatic heterocycles. The van der Waals surface area contributed by atoms with Gasteiger partial charge in [0.15, 0.2) is 0 Å². The van der Waals surface area contributed by atoms with Gasteiger partial charge in [-0.1, -0.05) is 35.2 Å². The molecule has 0 spiro atoms. The summed E-state index contributed by atoms with van der Waals surface area (Å²) in [7, 11) is 0. The largest absolute Gasteiger partial charge is 0.0861 e. The minimum atomic E-state index is -0.295. The van der Waals surface area contributed by atoms with Gasteiger partial charge in [-0.25, -0.2) is 0 Å². The van der Waals surface area contributed by atoms with Gasteiger partial charge < -0.3 is 0 Å². The zero-order chi connectivity index (χ0) is 9.84. The van der Waals surface area contributed by atoms with E-state index in [0.717, 1.165) is 5.56 Å². The normalized spacial score (nSPS) is 11.9. The minimum absolute atomic E-state index is 0.295. The van der Waals surface area contributed by atoms with Crippen LogP contribution in [0.2, 0.25) is 10.0 Å². The van der Waals surface area contributed by atoms with Crippen LogP contribution in [0.25, 0.3) is 10.4 Å². The number of halogens is 2. The molecule has 5 heteroatoms. The molecule has 0 saturated carbocycles. The fourth-order valence-corrected chi connectivity index (χ4v) is 1.43. The number of rotatable bonds is 2. The maximum absolute atomic E-state index is 8.24. The fourth-order valence-electron chi connectivity index (χ4n) is 0.974. The van der Waals surface area contributed by atoms with Crippen molar-refractivity contribution in [1.82, 2.24) is 0 Å². The monoisotopic (exact) mass is 215 g/mol. The zero-order valence-electron chi connectivity index (χ0n) is 6.91. The van der Waals surface area contributed by atoms with E-state index in [1.54, 1.807) is 25.1 Å². The Morgan fingerprint density at radius 1 is 1.46 bits per heavy atom. The number of nitrogens with zero attached hydrogens (tertiary/aromatic N) is 3. The van der Waals surface area contributed by atoms with Gasteiger partial charge >= 0.3 is 0 Å². The molecule has 0 bridgehead atoms. The minimum Gasteiger partial charge on any atom is -0.0861 e. The first kappa shape index (κ1) is 10.2. The highest BCUT2D eigenvalue weighted by Gasteiger charge is 2.07. The lowest BCUT2D eigenvalue weighted by Crippen LogP contribution is -1.89. The summed E-state index contributed by atoms with van der Waals surface area (Å²) in [5.74, 6) is 0. The number of hydrogen-bond acceptors (Lipinski definition) is 1. The van der Waals surface area contributed by atoms with Crippen molar-refractivity contribution in [2.24, 2.45) is 5.11 Å². The molecule has 0 fully saturated rings. The highest BCUT2D eigenvalue weighted by Crippen LogP contribution is 2.28. The van der Waals surface area contributed by atoms with Crippen LogP contribution in [0.5, 0.6) is 0 Å². The number of hydrogen-bond donors (Lipinski definition) is 0. The lowest BCUT2D eigenvalue weighted by atomic mass is 10.1. The predicted octanol–water partition coefficient (Wildman–Crippen LogP) is 4.36. The molecule has 0 aliphatic carbocycles. The van der Waals surface area contributed by atoms with Crippen LogP contribution in [0.3, 0.4) is 0 Å². The molecule has 0 heterocycles. The molecule has 0 N–H and O–H groups in total. The van der Waals surface area contributed by atoms with Crippen LogP contribution >= 0.6 is 23.2 Å². The van der Waals surface area contributed by atoms with E-state index >= 15 is 0 Å². The Labute approximate surface area is 85.9 Å². The van der Waals surface area contributed by atoms with Crippen LogP contribution in [0, 0.1) is 0 Å². The Balaban J connectivity index is 3.12. The number of azide groups is 1. The molecular formula is C8H7Cl2N3. The number of benzene rings is 1. The summed E-state index contributed by atoms with van der Waals surface area (Å²) < 4.78 is 0. The summed E-state index contributed by atoms with van der Waals surface area (Å²) in [6, 6.07) is 4.78. The molecule has 0 aromatic heterocycles. The Bertz CT molecular complexity index is 358. The molecular weight excluding hydrogens is 209 g/mol. The van der Waals surface area contributed by atoms with Gasteiger partial charge in [0.05, 0.1) is 6.04 Å². The van der Waals surface area contributed by atoms with Gasteiger partial charge in [-0.3, -0.25) is 0 Å². The van der Waals surface area contributed by atoms with E-state index in [1.165, 1.54) is 0 Å². The van der Waals surface area contributed by atoms with E-state index in [-0.39, 0.29) is 6.04 Å². The summed E-state index contributed by atoms with van der Waals surface area (Å²) in [6.07, 6.45) is 0. The van der Waals surface area contributed by atoms with Gasteiger partial charge in [0.1, 0.15) is 0 Å². The van der Waals surface area contributed by atoms with Crippen molar-refractivity contribution in [2.45, 2.75) is 13.0 Å². The molecule has 0 amide bonds. The maximum Gasteiger partial charge on any atom is 0.0612 e.